The van der Waals surface area contributed by atoms with E-state index in [0.29, 0.717) is 10.0 Å². The average molecular weight is 286 g/mol. The Kier molecular flexibility index (Phi) is 3.52. The first-order valence-corrected chi connectivity index (χ1v) is 6.35. The number of hydrogen-bond acceptors (Lipinski definition) is 3. The summed E-state index contributed by atoms with van der Waals surface area (Å²) < 4.78 is 0.649. The number of halogens is 1. The second kappa shape index (κ2) is 4.73. The van der Waals surface area contributed by atoms with Gasteiger partial charge in [-0.15, -0.1) is 0 Å². The molecular formula is C12H16BrNO2. The quantitative estimate of drug-likeness (QED) is 0.779. The monoisotopic (exact) mass is 285 g/mol. The fourth-order valence-electron chi connectivity index (χ4n) is 2.37. The number of aliphatic hydroxyl groups is 1. The van der Waals surface area contributed by atoms with Crippen LogP contribution in [0.3, 0.4) is 0 Å². The predicted octanol–water partition coefficient (Wildman–Crippen LogP) is 2.03. The zero-order valence-corrected chi connectivity index (χ0v) is 10.6. The zero-order chi connectivity index (χ0) is 11.7. The van der Waals surface area contributed by atoms with Crippen LogP contribution in [0.5, 0.6) is 5.75 Å². The average Bonchev–Trinajstić information content (AvgIpc) is 2.30. The van der Waals surface area contributed by atoms with Gasteiger partial charge in [0.15, 0.2) is 0 Å². The number of benzene rings is 1. The molecule has 0 aromatic heterocycles. The molecule has 1 aromatic rings. The number of nitrogens with two attached hydrogens (primary N) is 1. The minimum atomic E-state index is -0.774. The third kappa shape index (κ3) is 1.97. The highest BCUT2D eigenvalue weighted by atomic mass is 79.9. The fourth-order valence-corrected chi connectivity index (χ4v) is 2.86. The summed E-state index contributed by atoms with van der Waals surface area (Å²) >= 11 is 3.32. The second-order valence-corrected chi connectivity index (χ2v) is 5.07. The van der Waals surface area contributed by atoms with E-state index in [1.807, 2.05) is 6.07 Å². The summed E-state index contributed by atoms with van der Waals surface area (Å²) in [6, 6.07) is 1.95. The first-order valence-electron chi connectivity index (χ1n) is 5.56. The lowest BCUT2D eigenvalue weighted by molar-refractivity contribution is 0.181. The van der Waals surface area contributed by atoms with Gasteiger partial charge in [0.2, 0.25) is 0 Å². The molecule has 88 valence electrons. The number of aliphatic hydroxyl groups excluding tert-OH is 1. The van der Waals surface area contributed by atoms with E-state index in [1.54, 1.807) is 0 Å². The number of rotatable bonds is 2. The molecule has 1 aliphatic carbocycles. The summed E-state index contributed by atoms with van der Waals surface area (Å²) in [6.45, 7) is 0.135. The van der Waals surface area contributed by atoms with Crippen LogP contribution in [0.15, 0.2) is 10.5 Å². The maximum Gasteiger partial charge on any atom is 0.135 e. The summed E-state index contributed by atoms with van der Waals surface area (Å²) in [6.07, 6.45) is 3.44. The van der Waals surface area contributed by atoms with Crippen molar-refractivity contribution in [3.8, 4) is 5.75 Å². The summed E-state index contributed by atoms with van der Waals surface area (Å²) in [5, 5.41) is 19.9. The van der Waals surface area contributed by atoms with Gasteiger partial charge in [0.05, 0.1) is 10.6 Å². The molecule has 1 atom stereocenters. The van der Waals surface area contributed by atoms with Crippen LogP contribution >= 0.6 is 15.9 Å². The largest absolute Gasteiger partial charge is 0.506 e. The summed E-state index contributed by atoms with van der Waals surface area (Å²) in [4.78, 5) is 0. The highest BCUT2D eigenvalue weighted by Gasteiger charge is 2.23. The second-order valence-electron chi connectivity index (χ2n) is 4.22. The van der Waals surface area contributed by atoms with E-state index < -0.39 is 6.10 Å². The standard InChI is InChI=1S/C12H16BrNO2/c13-9-5-7-3-1-2-4-8(7)11(12(9)16)10(15)6-14/h5,10,15-16H,1-4,6,14H2. The minimum absolute atomic E-state index is 0.135. The molecule has 0 radical (unpaired) electrons. The number of aryl methyl sites for hydroxylation is 1. The van der Waals surface area contributed by atoms with Crippen LogP contribution in [0.4, 0.5) is 0 Å². The van der Waals surface area contributed by atoms with Crippen LogP contribution in [-0.2, 0) is 12.8 Å². The van der Waals surface area contributed by atoms with Crippen molar-refractivity contribution in [1.29, 1.82) is 0 Å². The third-order valence-corrected chi connectivity index (χ3v) is 3.78. The Bertz CT molecular complexity index is 406. The van der Waals surface area contributed by atoms with Crippen LogP contribution in [0, 0.1) is 0 Å². The van der Waals surface area contributed by atoms with E-state index in [0.717, 1.165) is 24.8 Å². The first kappa shape index (κ1) is 11.9. The Labute approximate surface area is 103 Å². The van der Waals surface area contributed by atoms with Gasteiger partial charge in [0.25, 0.3) is 0 Å². The normalized spacial score (nSPS) is 16.9. The Hall–Kier alpha value is -0.580. The molecule has 0 saturated carbocycles. The number of phenolic OH excluding ortho intramolecular Hbond substituents is 1. The predicted molar refractivity (Wildman–Crippen MR) is 66.5 cm³/mol. The van der Waals surface area contributed by atoms with Gasteiger partial charge in [-0.05, 0) is 58.8 Å². The molecule has 0 aliphatic heterocycles. The number of aromatic hydroxyl groups is 1. The van der Waals surface area contributed by atoms with E-state index in [-0.39, 0.29) is 12.3 Å². The number of hydrogen-bond donors (Lipinski definition) is 3. The minimum Gasteiger partial charge on any atom is -0.506 e. The summed E-state index contributed by atoms with van der Waals surface area (Å²) in [5.74, 6) is 0.138. The molecule has 2 rings (SSSR count). The molecule has 0 amide bonds. The van der Waals surface area contributed by atoms with Crippen molar-refractivity contribution in [2.75, 3.05) is 6.54 Å². The van der Waals surface area contributed by atoms with E-state index in [9.17, 15) is 10.2 Å². The van der Waals surface area contributed by atoms with E-state index in [2.05, 4.69) is 15.9 Å². The molecule has 1 unspecified atom stereocenters. The Balaban J connectivity index is 2.59. The third-order valence-electron chi connectivity index (χ3n) is 3.17. The van der Waals surface area contributed by atoms with Gasteiger partial charge in [-0.3, -0.25) is 0 Å². The molecule has 0 bridgehead atoms. The first-order chi connectivity index (χ1) is 7.65. The van der Waals surface area contributed by atoms with Gasteiger partial charge in [-0.25, -0.2) is 0 Å². The highest BCUT2D eigenvalue weighted by molar-refractivity contribution is 9.10. The molecular weight excluding hydrogens is 270 g/mol. The molecule has 16 heavy (non-hydrogen) atoms. The van der Waals surface area contributed by atoms with Crippen LogP contribution in [-0.4, -0.2) is 16.8 Å². The van der Waals surface area contributed by atoms with Crippen molar-refractivity contribution >= 4 is 15.9 Å². The molecule has 0 fully saturated rings. The van der Waals surface area contributed by atoms with Gasteiger partial charge in [0, 0.05) is 12.1 Å². The Morgan fingerprint density at radius 2 is 2.06 bits per heavy atom. The summed E-state index contributed by atoms with van der Waals surface area (Å²) in [7, 11) is 0. The van der Waals surface area contributed by atoms with Crippen molar-refractivity contribution < 1.29 is 10.2 Å². The van der Waals surface area contributed by atoms with E-state index in [4.69, 9.17) is 5.73 Å². The SMILES string of the molecule is NCC(O)c1c(O)c(Br)cc2c1CCCC2. The van der Waals surface area contributed by atoms with Crippen molar-refractivity contribution in [3.05, 3.63) is 27.2 Å². The van der Waals surface area contributed by atoms with Crippen molar-refractivity contribution in [2.45, 2.75) is 31.8 Å². The van der Waals surface area contributed by atoms with Gasteiger partial charge in [0.1, 0.15) is 5.75 Å². The lowest BCUT2D eigenvalue weighted by atomic mass is 9.86. The molecule has 0 spiro atoms. The van der Waals surface area contributed by atoms with Crippen LogP contribution in [0.25, 0.3) is 0 Å². The van der Waals surface area contributed by atoms with Gasteiger partial charge >= 0.3 is 0 Å². The topological polar surface area (TPSA) is 66.5 Å². The Morgan fingerprint density at radius 1 is 1.38 bits per heavy atom. The molecule has 3 nitrogen and oxygen atoms in total. The lowest BCUT2D eigenvalue weighted by Crippen LogP contribution is -2.16. The van der Waals surface area contributed by atoms with Gasteiger partial charge < -0.3 is 15.9 Å². The van der Waals surface area contributed by atoms with Crippen molar-refractivity contribution in [3.63, 3.8) is 0 Å². The molecule has 4 heteroatoms. The molecule has 4 N–H and O–H groups in total. The van der Waals surface area contributed by atoms with Gasteiger partial charge in [-0.2, -0.15) is 0 Å². The maximum absolute atomic E-state index is 9.99. The highest BCUT2D eigenvalue weighted by Crippen LogP contribution is 2.39. The van der Waals surface area contributed by atoms with Crippen molar-refractivity contribution in [1.82, 2.24) is 0 Å². The van der Waals surface area contributed by atoms with Crippen LogP contribution in [0.2, 0.25) is 0 Å². The van der Waals surface area contributed by atoms with Gasteiger partial charge in [-0.1, -0.05) is 0 Å². The van der Waals surface area contributed by atoms with E-state index >= 15 is 0 Å². The summed E-state index contributed by atoms with van der Waals surface area (Å²) in [5.41, 5.74) is 8.41. The number of phenols is 1. The van der Waals surface area contributed by atoms with Crippen LogP contribution < -0.4 is 5.73 Å². The lowest BCUT2D eigenvalue weighted by Gasteiger charge is -2.23. The fraction of sp³-hybridized carbons (Fsp3) is 0.500. The Morgan fingerprint density at radius 3 is 2.75 bits per heavy atom. The molecule has 1 aliphatic rings. The molecule has 0 saturated heterocycles. The zero-order valence-electron chi connectivity index (χ0n) is 9.04. The van der Waals surface area contributed by atoms with Crippen LogP contribution in [0.1, 0.15) is 35.6 Å². The molecule has 0 heterocycles. The smallest absolute Gasteiger partial charge is 0.135 e. The molecule has 1 aromatic carbocycles. The maximum atomic E-state index is 9.99. The van der Waals surface area contributed by atoms with E-state index in [1.165, 1.54) is 12.0 Å². The number of fused-ring (bicyclic) bond motifs is 1. The van der Waals surface area contributed by atoms with Crippen molar-refractivity contribution in [2.24, 2.45) is 5.73 Å².